The molecule has 0 bridgehead atoms. The van der Waals surface area contributed by atoms with E-state index in [0.29, 0.717) is 11.3 Å². The number of carbonyl (C=O) groups excluding carboxylic acids is 2. The first-order valence-electron chi connectivity index (χ1n) is 4.78. The molecule has 1 atom stereocenters. The Kier molecular flexibility index (Phi) is 3.02. The average molecular weight is 275 g/mol. The maximum absolute atomic E-state index is 11.0. The fourth-order valence-corrected chi connectivity index (χ4v) is 1.92. The Morgan fingerprint density at radius 3 is 2.71 bits per heavy atom. The maximum atomic E-state index is 11.0. The zero-order chi connectivity index (χ0) is 12.6. The molecule has 0 aliphatic carbocycles. The summed E-state index contributed by atoms with van der Waals surface area (Å²) in [5, 5.41) is 0. The van der Waals surface area contributed by atoms with Crippen molar-refractivity contribution in [2.75, 3.05) is 0 Å². The minimum Gasteiger partial charge on any atom is -0.451 e. The van der Waals surface area contributed by atoms with Crippen LogP contribution in [0.5, 0.6) is 5.75 Å². The van der Waals surface area contributed by atoms with Crippen LogP contribution in [-0.4, -0.2) is 16.3 Å². The summed E-state index contributed by atoms with van der Waals surface area (Å²) in [6.07, 6.45) is -0.742. The largest absolute Gasteiger partial charge is 0.451 e. The molecule has 0 N–H and O–H groups in total. The minimum absolute atomic E-state index is 0.349. The molecule has 0 saturated carbocycles. The van der Waals surface area contributed by atoms with E-state index < -0.39 is 22.4 Å². The zero-order valence-electron chi connectivity index (χ0n) is 8.78. The third-order valence-electron chi connectivity index (χ3n) is 2.25. The molecule has 1 aromatic rings. The van der Waals surface area contributed by atoms with Gasteiger partial charge in [0, 0.05) is 6.92 Å². The molecule has 0 amide bonds. The van der Waals surface area contributed by atoms with Crippen molar-refractivity contribution in [2.24, 2.45) is 0 Å². The Balaban J connectivity index is 2.23. The predicted molar refractivity (Wildman–Crippen MR) is 61.0 cm³/mol. The van der Waals surface area contributed by atoms with E-state index in [4.69, 9.17) is 32.7 Å². The van der Waals surface area contributed by atoms with Crippen molar-refractivity contribution < 1.29 is 19.1 Å². The number of hydrogen-bond donors (Lipinski definition) is 0. The van der Waals surface area contributed by atoms with E-state index in [-0.39, 0.29) is 0 Å². The lowest BCUT2D eigenvalue weighted by Gasteiger charge is -2.37. The first-order valence-corrected chi connectivity index (χ1v) is 5.54. The molecule has 1 aliphatic rings. The molecule has 1 heterocycles. The molecule has 1 unspecified atom stereocenters. The monoisotopic (exact) mass is 274 g/mol. The van der Waals surface area contributed by atoms with Crippen LogP contribution < -0.4 is 4.74 Å². The first-order chi connectivity index (χ1) is 7.91. The van der Waals surface area contributed by atoms with Crippen molar-refractivity contribution in [3.8, 4) is 5.75 Å². The Labute approximate surface area is 107 Å². The molecule has 1 saturated heterocycles. The topological polar surface area (TPSA) is 52.6 Å². The van der Waals surface area contributed by atoms with Gasteiger partial charge in [-0.2, -0.15) is 0 Å². The smallest absolute Gasteiger partial charge is 0.347 e. The second-order valence-electron chi connectivity index (χ2n) is 3.57. The van der Waals surface area contributed by atoms with Crippen LogP contribution in [0.4, 0.5) is 0 Å². The van der Waals surface area contributed by atoms with Gasteiger partial charge in [-0.05, 0) is 17.7 Å². The van der Waals surface area contributed by atoms with E-state index in [1.807, 2.05) is 0 Å². The quantitative estimate of drug-likeness (QED) is 0.472. The van der Waals surface area contributed by atoms with Gasteiger partial charge in [0.15, 0.2) is 6.10 Å². The Hall–Kier alpha value is -1.26. The third-order valence-corrected chi connectivity index (χ3v) is 2.95. The molecule has 2 rings (SSSR count). The van der Waals surface area contributed by atoms with Crippen molar-refractivity contribution in [1.29, 1.82) is 0 Å². The van der Waals surface area contributed by atoms with Crippen LogP contribution in [0, 0.1) is 0 Å². The molecule has 0 spiro atoms. The zero-order valence-corrected chi connectivity index (χ0v) is 10.3. The summed E-state index contributed by atoms with van der Waals surface area (Å²) in [6, 6.07) is 6.50. The van der Waals surface area contributed by atoms with E-state index in [0.717, 1.165) is 0 Å². The van der Waals surface area contributed by atoms with Crippen molar-refractivity contribution in [2.45, 2.75) is 17.4 Å². The van der Waals surface area contributed by atoms with Crippen LogP contribution >= 0.6 is 23.2 Å². The van der Waals surface area contributed by atoms with Crippen molar-refractivity contribution in [3.05, 3.63) is 29.8 Å². The molecular formula is C11H8Cl2O4. The van der Waals surface area contributed by atoms with E-state index in [1.54, 1.807) is 24.3 Å². The molecule has 0 radical (unpaired) electrons. The van der Waals surface area contributed by atoms with Gasteiger partial charge in [0.2, 0.25) is 0 Å². The molecule has 90 valence electrons. The van der Waals surface area contributed by atoms with Crippen LogP contribution in [-0.2, 0) is 14.3 Å². The van der Waals surface area contributed by atoms with Crippen LogP contribution in [0.3, 0.4) is 0 Å². The van der Waals surface area contributed by atoms with Crippen LogP contribution in [0.1, 0.15) is 18.6 Å². The lowest BCUT2D eigenvalue weighted by atomic mass is 10.0. The number of carbonyl (C=O) groups is 2. The van der Waals surface area contributed by atoms with Crippen molar-refractivity contribution >= 4 is 35.1 Å². The molecule has 1 aromatic carbocycles. The Morgan fingerprint density at radius 2 is 2.18 bits per heavy atom. The van der Waals surface area contributed by atoms with E-state index in [9.17, 15) is 9.59 Å². The van der Waals surface area contributed by atoms with Gasteiger partial charge in [0.05, 0.1) is 0 Å². The normalized spacial score (nSPS) is 21.4. The average Bonchev–Trinajstić information content (AvgIpc) is 2.25. The van der Waals surface area contributed by atoms with Gasteiger partial charge in [-0.25, -0.2) is 4.79 Å². The minimum atomic E-state index is -1.57. The molecule has 4 nitrogen and oxygen atoms in total. The van der Waals surface area contributed by atoms with Crippen LogP contribution in [0.25, 0.3) is 0 Å². The van der Waals surface area contributed by atoms with E-state index >= 15 is 0 Å². The lowest BCUT2D eigenvalue weighted by Crippen LogP contribution is -2.48. The molecule has 6 heteroatoms. The van der Waals surface area contributed by atoms with Gasteiger partial charge < -0.3 is 9.47 Å². The third kappa shape index (κ3) is 2.23. The molecular weight excluding hydrogens is 267 g/mol. The van der Waals surface area contributed by atoms with Crippen molar-refractivity contribution in [1.82, 2.24) is 0 Å². The summed E-state index contributed by atoms with van der Waals surface area (Å²) < 4.78 is 8.19. The maximum Gasteiger partial charge on any atom is 0.347 e. The number of halogens is 2. The number of cyclic esters (lactones) is 1. The number of rotatable bonds is 2. The van der Waals surface area contributed by atoms with Gasteiger partial charge >= 0.3 is 11.9 Å². The second-order valence-corrected chi connectivity index (χ2v) is 4.96. The van der Waals surface area contributed by atoms with Gasteiger partial charge in [-0.1, -0.05) is 35.3 Å². The standard InChI is InChI=1S/C11H8Cl2O4/c1-6(14)16-8-4-2-3-7(5-8)9-11(12,13)10(15)17-9/h2-5,9H,1H3. The molecule has 0 aromatic heterocycles. The lowest BCUT2D eigenvalue weighted by molar-refractivity contribution is -0.172. The predicted octanol–water partition coefficient (Wildman–Crippen LogP) is 2.38. The highest BCUT2D eigenvalue weighted by Gasteiger charge is 2.57. The van der Waals surface area contributed by atoms with Gasteiger partial charge in [-0.3, -0.25) is 4.79 Å². The fourth-order valence-electron chi connectivity index (χ4n) is 1.49. The SMILES string of the molecule is CC(=O)Oc1cccc(C2OC(=O)C2(Cl)Cl)c1. The number of ether oxygens (including phenoxy) is 2. The number of esters is 2. The Bertz CT molecular complexity index is 484. The van der Waals surface area contributed by atoms with E-state index in [2.05, 4.69) is 0 Å². The van der Waals surface area contributed by atoms with E-state index in [1.165, 1.54) is 6.92 Å². The fraction of sp³-hybridized carbons (Fsp3) is 0.273. The second kappa shape index (κ2) is 4.20. The van der Waals surface area contributed by atoms with Crippen LogP contribution in [0.2, 0.25) is 0 Å². The van der Waals surface area contributed by atoms with Gasteiger partial charge in [0.25, 0.3) is 4.33 Å². The highest BCUT2D eigenvalue weighted by atomic mass is 35.5. The van der Waals surface area contributed by atoms with Crippen molar-refractivity contribution in [3.63, 3.8) is 0 Å². The molecule has 17 heavy (non-hydrogen) atoms. The highest BCUT2D eigenvalue weighted by molar-refractivity contribution is 6.59. The van der Waals surface area contributed by atoms with Gasteiger partial charge in [0.1, 0.15) is 5.75 Å². The number of alkyl halides is 2. The number of benzene rings is 1. The van der Waals surface area contributed by atoms with Gasteiger partial charge in [-0.15, -0.1) is 0 Å². The highest BCUT2D eigenvalue weighted by Crippen LogP contribution is 2.48. The summed E-state index contributed by atoms with van der Waals surface area (Å²) in [7, 11) is 0. The summed E-state index contributed by atoms with van der Waals surface area (Å²) >= 11 is 11.6. The Morgan fingerprint density at radius 1 is 1.47 bits per heavy atom. The summed E-state index contributed by atoms with van der Waals surface area (Å²) in [4.78, 5) is 21.8. The summed E-state index contributed by atoms with van der Waals surface area (Å²) in [5.41, 5.74) is 0.577. The summed E-state index contributed by atoms with van der Waals surface area (Å²) in [5.74, 6) is -0.762. The molecule has 1 aliphatic heterocycles. The first kappa shape index (κ1) is 12.2. The van der Waals surface area contributed by atoms with Crippen LogP contribution in [0.15, 0.2) is 24.3 Å². The number of hydrogen-bond acceptors (Lipinski definition) is 4. The molecule has 1 fully saturated rings. The summed E-state index contributed by atoms with van der Waals surface area (Å²) in [6.45, 7) is 1.30.